The number of carbonyl (C=O) groups is 1. The summed E-state index contributed by atoms with van der Waals surface area (Å²) in [6.45, 7) is 2.16. The van der Waals surface area contributed by atoms with Crippen molar-refractivity contribution >= 4 is 39.1 Å². The van der Waals surface area contributed by atoms with Crippen LogP contribution in [0.5, 0.6) is 11.5 Å². The van der Waals surface area contributed by atoms with Gasteiger partial charge in [-0.05, 0) is 77.7 Å². The predicted molar refractivity (Wildman–Crippen MR) is 127 cm³/mol. The highest BCUT2D eigenvalue weighted by molar-refractivity contribution is 9.10. The highest BCUT2D eigenvalue weighted by Crippen LogP contribution is 2.27. The van der Waals surface area contributed by atoms with Crippen molar-refractivity contribution in [3.8, 4) is 11.5 Å². The van der Waals surface area contributed by atoms with Crippen molar-refractivity contribution < 1.29 is 19.0 Å². The number of carbonyl (C=O) groups excluding carboxylic acids is 1. The van der Waals surface area contributed by atoms with Crippen molar-refractivity contribution in [1.29, 1.82) is 0 Å². The van der Waals surface area contributed by atoms with Gasteiger partial charge in [0.1, 0.15) is 18.1 Å². The molecular weight excluding hydrogens is 480 g/mol. The summed E-state index contributed by atoms with van der Waals surface area (Å²) >= 11 is 9.54. The van der Waals surface area contributed by atoms with Crippen LogP contribution in [0.4, 0.5) is 0 Å². The van der Waals surface area contributed by atoms with E-state index in [-0.39, 0.29) is 6.61 Å². The van der Waals surface area contributed by atoms with Crippen LogP contribution in [0.3, 0.4) is 0 Å². The van der Waals surface area contributed by atoms with E-state index >= 15 is 0 Å². The first-order valence-electron chi connectivity index (χ1n) is 9.61. The van der Waals surface area contributed by atoms with Crippen LogP contribution in [0.2, 0.25) is 5.02 Å². The molecule has 0 aliphatic heterocycles. The second kappa shape index (κ2) is 11.0. The highest BCUT2D eigenvalue weighted by atomic mass is 79.9. The molecule has 0 amide bonds. The van der Waals surface area contributed by atoms with Crippen LogP contribution in [-0.2, 0) is 9.53 Å². The Kier molecular flexibility index (Phi) is 8.15. The van der Waals surface area contributed by atoms with E-state index in [1.165, 1.54) is 7.11 Å². The third-order valence-electron chi connectivity index (χ3n) is 4.57. The van der Waals surface area contributed by atoms with Crippen LogP contribution in [-0.4, -0.2) is 26.3 Å². The van der Waals surface area contributed by atoms with Crippen molar-refractivity contribution in [3.63, 3.8) is 0 Å². The Hall–Kier alpha value is -2.76. The lowest BCUT2D eigenvalue weighted by Crippen LogP contribution is -2.13. The van der Waals surface area contributed by atoms with Gasteiger partial charge in [-0.3, -0.25) is 0 Å². The van der Waals surface area contributed by atoms with Gasteiger partial charge in [-0.1, -0.05) is 51.8 Å². The summed E-state index contributed by atoms with van der Waals surface area (Å²) < 4.78 is 17.0. The fraction of sp³-hybridized carbons (Fsp3) is 0.160. The Morgan fingerprint density at radius 1 is 0.968 bits per heavy atom. The number of hydrogen-bond acceptors (Lipinski definition) is 4. The fourth-order valence-corrected chi connectivity index (χ4v) is 3.34. The van der Waals surface area contributed by atoms with Gasteiger partial charge >= 0.3 is 5.97 Å². The summed E-state index contributed by atoms with van der Waals surface area (Å²) in [4.78, 5) is 11.3. The van der Waals surface area contributed by atoms with Gasteiger partial charge in [0.15, 0.2) is 6.61 Å². The van der Waals surface area contributed by atoms with Crippen molar-refractivity contribution in [1.82, 2.24) is 0 Å². The van der Waals surface area contributed by atoms with Crippen molar-refractivity contribution in [3.05, 3.63) is 99.0 Å². The molecule has 0 aliphatic carbocycles. The van der Waals surface area contributed by atoms with E-state index in [1.807, 2.05) is 61.5 Å². The molecule has 0 bridgehead atoms. The maximum absolute atomic E-state index is 11.3. The van der Waals surface area contributed by atoms with E-state index in [2.05, 4.69) is 32.8 Å². The molecule has 0 unspecified atom stereocenters. The van der Waals surface area contributed by atoms with Crippen molar-refractivity contribution in [2.45, 2.75) is 6.92 Å². The molecule has 0 heterocycles. The standard InChI is InChI=1S/C25H22BrClO4/c1-17-15-22(11-12-24(17)31-16-25(28)29-2)30-14-13-23(18-3-7-20(26)8-4-18)19-5-9-21(27)10-6-19/h3-13,15H,14,16H2,1-2H3. The molecule has 0 saturated heterocycles. The zero-order valence-corrected chi connectivity index (χ0v) is 19.6. The second-order valence-electron chi connectivity index (χ2n) is 6.73. The molecule has 0 aliphatic rings. The van der Waals surface area contributed by atoms with Crippen molar-refractivity contribution in [2.75, 3.05) is 20.3 Å². The summed E-state index contributed by atoms with van der Waals surface area (Å²) in [6.07, 6.45) is 2.05. The van der Waals surface area contributed by atoms with Gasteiger partial charge in [-0.15, -0.1) is 0 Å². The first-order valence-corrected chi connectivity index (χ1v) is 10.8. The SMILES string of the molecule is COC(=O)COc1ccc(OCC=C(c2ccc(Cl)cc2)c2ccc(Br)cc2)cc1C. The van der Waals surface area contributed by atoms with Gasteiger partial charge in [0.2, 0.25) is 0 Å². The average Bonchev–Trinajstić information content (AvgIpc) is 2.77. The minimum absolute atomic E-state index is 0.127. The Labute approximate surface area is 195 Å². The fourth-order valence-electron chi connectivity index (χ4n) is 2.95. The summed E-state index contributed by atoms with van der Waals surface area (Å²) in [5.74, 6) is 0.906. The number of halogens is 2. The molecule has 0 fully saturated rings. The number of benzene rings is 3. The molecule has 0 atom stereocenters. The predicted octanol–water partition coefficient (Wildman–Crippen LogP) is 6.47. The Morgan fingerprint density at radius 3 is 2.23 bits per heavy atom. The van der Waals surface area contributed by atoms with Crippen LogP contribution < -0.4 is 9.47 Å². The van der Waals surface area contributed by atoms with E-state index < -0.39 is 5.97 Å². The Balaban J connectivity index is 1.75. The van der Waals surface area contributed by atoms with Gasteiger partial charge in [0, 0.05) is 9.50 Å². The Bertz CT molecular complexity index is 1010. The summed E-state index contributed by atoms with van der Waals surface area (Å²) in [5, 5.41) is 0.695. The van der Waals surface area contributed by atoms with Gasteiger partial charge < -0.3 is 14.2 Å². The number of esters is 1. The average molecular weight is 502 g/mol. The Morgan fingerprint density at radius 2 is 1.61 bits per heavy atom. The normalized spacial score (nSPS) is 11.2. The van der Waals surface area contributed by atoms with Gasteiger partial charge in [-0.2, -0.15) is 0 Å². The second-order valence-corrected chi connectivity index (χ2v) is 8.09. The molecule has 3 rings (SSSR count). The van der Waals surface area contributed by atoms with Gasteiger partial charge in [0.05, 0.1) is 7.11 Å². The molecule has 0 saturated carbocycles. The number of methoxy groups -OCH3 is 1. The van der Waals surface area contributed by atoms with Gasteiger partial charge in [0.25, 0.3) is 0 Å². The highest BCUT2D eigenvalue weighted by Gasteiger charge is 2.08. The number of aryl methyl sites for hydroxylation is 1. The zero-order valence-electron chi connectivity index (χ0n) is 17.2. The van der Waals surface area contributed by atoms with E-state index in [1.54, 1.807) is 6.07 Å². The molecule has 0 aromatic heterocycles. The molecule has 4 nitrogen and oxygen atoms in total. The summed E-state index contributed by atoms with van der Waals surface area (Å²) in [6, 6.07) is 21.4. The van der Waals surface area contributed by atoms with E-state index in [0.717, 1.165) is 26.7 Å². The topological polar surface area (TPSA) is 44.8 Å². The third kappa shape index (κ3) is 6.61. The van der Waals surface area contributed by atoms with Crippen LogP contribution >= 0.6 is 27.5 Å². The number of hydrogen-bond donors (Lipinski definition) is 0. The van der Waals surface area contributed by atoms with E-state index in [0.29, 0.717) is 23.1 Å². The molecule has 160 valence electrons. The molecule has 0 N–H and O–H groups in total. The molecule has 0 radical (unpaired) electrons. The maximum Gasteiger partial charge on any atom is 0.343 e. The third-order valence-corrected chi connectivity index (χ3v) is 5.35. The summed E-state index contributed by atoms with van der Waals surface area (Å²) in [7, 11) is 1.33. The monoisotopic (exact) mass is 500 g/mol. The molecule has 31 heavy (non-hydrogen) atoms. The van der Waals surface area contributed by atoms with Crippen LogP contribution in [0.1, 0.15) is 16.7 Å². The molecule has 0 spiro atoms. The van der Waals surface area contributed by atoms with E-state index in [9.17, 15) is 4.79 Å². The number of rotatable bonds is 8. The first kappa shape index (κ1) is 22.9. The lowest BCUT2D eigenvalue weighted by atomic mass is 9.98. The lowest BCUT2D eigenvalue weighted by molar-refractivity contribution is -0.142. The largest absolute Gasteiger partial charge is 0.489 e. The molecular formula is C25H22BrClO4. The van der Waals surface area contributed by atoms with Crippen molar-refractivity contribution in [2.24, 2.45) is 0 Å². The zero-order chi connectivity index (χ0) is 22.2. The first-order chi connectivity index (χ1) is 15.0. The van der Waals surface area contributed by atoms with Crippen LogP contribution in [0, 0.1) is 6.92 Å². The summed E-state index contributed by atoms with van der Waals surface area (Å²) in [5.41, 5.74) is 4.06. The minimum Gasteiger partial charge on any atom is -0.489 e. The van der Waals surface area contributed by atoms with Crippen LogP contribution in [0.25, 0.3) is 5.57 Å². The molecule has 3 aromatic carbocycles. The quantitative estimate of drug-likeness (QED) is 0.332. The maximum atomic E-state index is 11.3. The lowest BCUT2D eigenvalue weighted by Gasteiger charge is -2.12. The van der Waals surface area contributed by atoms with Crippen LogP contribution in [0.15, 0.2) is 77.3 Å². The smallest absolute Gasteiger partial charge is 0.343 e. The molecule has 6 heteroatoms. The molecule has 3 aromatic rings. The minimum atomic E-state index is -0.424. The van der Waals surface area contributed by atoms with Gasteiger partial charge in [-0.25, -0.2) is 4.79 Å². The number of ether oxygens (including phenoxy) is 3. The van der Waals surface area contributed by atoms with E-state index in [4.69, 9.17) is 21.1 Å².